The first-order chi connectivity index (χ1) is 13.1. The Kier molecular flexibility index (Phi) is 5.05. The van der Waals surface area contributed by atoms with Crippen LogP contribution in [0.15, 0.2) is 42.7 Å². The molecule has 1 aliphatic heterocycles. The fraction of sp³-hybridized carbons (Fsp3) is 0.263. The van der Waals surface area contributed by atoms with Crippen LogP contribution in [0.1, 0.15) is 15.4 Å². The van der Waals surface area contributed by atoms with E-state index in [2.05, 4.69) is 19.9 Å². The number of nitrogens with zero attached hydrogens (tertiary/aromatic N) is 5. The van der Waals surface area contributed by atoms with Crippen LogP contribution in [0.5, 0.6) is 0 Å². The lowest BCUT2D eigenvalue weighted by molar-refractivity contribution is 0.0750. The van der Waals surface area contributed by atoms with Crippen LogP contribution in [0.3, 0.4) is 0 Å². The number of halogens is 1. The third kappa shape index (κ3) is 3.79. The summed E-state index contributed by atoms with van der Waals surface area (Å²) in [5.74, 6) is 0.752. The molecule has 1 fully saturated rings. The third-order valence-corrected chi connectivity index (χ3v) is 5.93. The molecule has 1 aromatic carbocycles. The van der Waals surface area contributed by atoms with Crippen molar-refractivity contribution < 1.29 is 4.79 Å². The Balaban J connectivity index is 1.47. The van der Waals surface area contributed by atoms with Gasteiger partial charge in [0.05, 0.1) is 5.69 Å². The zero-order valence-electron chi connectivity index (χ0n) is 14.8. The maximum absolute atomic E-state index is 13.0. The van der Waals surface area contributed by atoms with E-state index >= 15 is 0 Å². The summed E-state index contributed by atoms with van der Waals surface area (Å²) in [6, 6.07) is 9.31. The van der Waals surface area contributed by atoms with Crippen molar-refractivity contribution >= 4 is 34.8 Å². The second-order valence-corrected chi connectivity index (χ2v) is 7.70. The van der Waals surface area contributed by atoms with Crippen LogP contribution in [0.2, 0.25) is 5.02 Å². The summed E-state index contributed by atoms with van der Waals surface area (Å²) in [5, 5.41) is 1.52. The van der Waals surface area contributed by atoms with Crippen molar-refractivity contribution in [3.8, 4) is 10.6 Å². The van der Waals surface area contributed by atoms with E-state index in [1.54, 1.807) is 18.5 Å². The largest absolute Gasteiger partial charge is 0.337 e. The number of hydrogen-bond donors (Lipinski definition) is 0. The van der Waals surface area contributed by atoms with Crippen LogP contribution in [-0.4, -0.2) is 51.9 Å². The van der Waals surface area contributed by atoms with Crippen LogP contribution in [-0.2, 0) is 0 Å². The first-order valence-corrected chi connectivity index (χ1v) is 9.86. The smallest absolute Gasteiger partial charge is 0.265 e. The molecule has 0 aliphatic carbocycles. The fourth-order valence-electron chi connectivity index (χ4n) is 3.02. The van der Waals surface area contributed by atoms with Gasteiger partial charge < -0.3 is 9.80 Å². The fourth-order valence-corrected chi connectivity index (χ4v) is 4.18. The van der Waals surface area contributed by atoms with E-state index in [9.17, 15) is 4.79 Å². The van der Waals surface area contributed by atoms with Crippen molar-refractivity contribution in [2.45, 2.75) is 6.92 Å². The van der Waals surface area contributed by atoms with Gasteiger partial charge in [0.2, 0.25) is 5.95 Å². The number of aryl methyl sites for hydroxylation is 1. The molecule has 27 heavy (non-hydrogen) atoms. The lowest BCUT2D eigenvalue weighted by atomic mass is 10.2. The van der Waals surface area contributed by atoms with Gasteiger partial charge in [0, 0.05) is 49.2 Å². The minimum Gasteiger partial charge on any atom is -0.337 e. The zero-order chi connectivity index (χ0) is 18.8. The van der Waals surface area contributed by atoms with Gasteiger partial charge in [-0.25, -0.2) is 15.0 Å². The molecule has 8 heteroatoms. The average Bonchev–Trinajstić information content (AvgIpc) is 3.10. The van der Waals surface area contributed by atoms with Crippen molar-refractivity contribution in [2.24, 2.45) is 0 Å². The molecule has 0 saturated carbocycles. The van der Waals surface area contributed by atoms with Gasteiger partial charge in [-0.3, -0.25) is 4.79 Å². The molecule has 0 unspecified atom stereocenters. The molecular weight excluding hydrogens is 382 g/mol. The summed E-state index contributed by atoms with van der Waals surface area (Å²) >= 11 is 7.39. The molecule has 0 bridgehead atoms. The normalized spacial score (nSPS) is 14.4. The number of piperazine rings is 1. The van der Waals surface area contributed by atoms with Crippen molar-refractivity contribution in [1.29, 1.82) is 0 Å². The summed E-state index contributed by atoms with van der Waals surface area (Å²) in [6.07, 6.45) is 3.47. The van der Waals surface area contributed by atoms with E-state index in [4.69, 9.17) is 11.6 Å². The van der Waals surface area contributed by atoms with E-state index in [0.717, 1.165) is 29.4 Å². The zero-order valence-corrected chi connectivity index (χ0v) is 16.4. The molecule has 0 N–H and O–H groups in total. The Bertz CT molecular complexity index is 936. The number of hydrogen-bond acceptors (Lipinski definition) is 6. The lowest BCUT2D eigenvalue weighted by Gasteiger charge is -2.34. The van der Waals surface area contributed by atoms with Crippen LogP contribution in [0.4, 0.5) is 5.95 Å². The number of aromatic nitrogens is 3. The molecule has 1 amide bonds. The predicted molar refractivity (Wildman–Crippen MR) is 107 cm³/mol. The molecule has 138 valence electrons. The minimum absolute atomic E-state index is 0.0406. The number of amides is 1. The standard InChI is InChI=1S/C19H18ClN5OS/c1-13-16(27-17(23-13)14-3-5-15(20)6-4-14)18(26)24-9-11-25(12-10-24)19-21-7-2-8-22-19/h2-8H,9-12H2,1H3. The number of anilines is 1. The summed E-state index contributed by atoms with van der Waals surface area (Å²) < 4.78 is 0. The highest BCUT2D eigenvalue weighted by atomic mass is 35.5. The minimum atomic E-state index is 0.0406. The Morgan fingerprint density at radius 2 is 1.74 bits per heavy atom. The lowest BCUT2D eigenvalue weighted by Crippen LogP contribution is -2.49. The summed E-state index contributed by atoms with van der Waals surface area (Å²) in [5.41, 5.74) is 1.74. The van der Waals surface area contributed by atoms with E-state index in [0.29, 0.717) is 28.9 Å². The van der Waals surface area contributed by atoms with Gasteiger partial charge in [-0.15, -0.1) is 11.3 Å². The molecule has 0 atom stereocenters. The quantitative estimate of drug-likeness (QED) is 0.674. The Morgan fingerprint density at radius 3 is 2.41 bits per heavy atom. The Hall–Kier alpha value is -2.51. The average molecular weight is 400 g/mol. The van der Waals surface area contributed by atoms with Gasteiger partial charge in [0.1, 0.15) is 9.88 Å². The van der Waals surface area contributed by atoms with Crippen LogP contribution in [0.25, 0.3) is 10.6 Å². The summed E-state index contributed by atoms with van der Waals surface area (Å²) in [6.45, 7) is 4.61. The van der Waals surface area contributed by atoms with Gasteiger partial charge in [0.15, 0.2) is 0 Å². The van der Waals surface area contributed by atoms with E-state index < -0.39 is 0 Å². The molecule has 0 spiro atoms. The van der Waals surface area contributed by atoms with E-state index in [1.165, 1.54) is 11.3 Å². The van der Waals surface area contributed by atoms with Gasteiger partial charge in [-0.2, -0.15) is 0 Å². The first-order valence-electron chi connectivity index (χ1n) is 8.66. The van der Waals surface area contributed by atoms with E-state index in [1.807, 2.05) is 36.1 Å². The third-order valence-electron chi connectivity index (χ3n) is 4.48. The molecule has 0 radical (unpaired) electrons. The maximum Gasteiger partial charge on any atom is 0.265 e. The second-order valence-electron chi connectivity index (χ2n) is 6.27. The van der Waals surface area contributed by atoms with Gasteiger partial charge in [-0.1, -0.05) is 23.7 Å². The Morgan fingerprint density at radius 1 is 1.07 bits per heavy atom. The number of thiazole rings is 1. The van der Waals surface area contributed by atoms with Crippen molar-refractivity contribution in [3.05, 3.63) is 58.3 Å². The van der Waals surface area contributed by atoms with Crippen molar-refractivity contribution in [1.82, 2.24) is 19.9 Å². The molecule has 3 heterocycles. The highest BCUT2D eigenvalue weighted by Gasteiger charge is 2.26. The second kappa shape index (κ2) is 7.62. The maximum atomic E-state index is 13.0. The van der Waals surface area contributed by atoms with E-state index in [-0.39, 0.29) is 5.91 Å². The molecule has 6 nitrogen and oxygen atoms in total. The monoisotopic (exact) mass is 399 g/mol. The number of carbonyl (C=O) groups is 1. The highest BCUT2D eigenvalue weighted by Crippen LogP contribution is 2.30. The molecule has 4 rings (SSSR count). The molecule has 1 aliphatic rings. The van der Waals surface area contributed by atoms with Gasteiger partial charge in [-0.05, 0) is 25.1 Å². The highest BCUT2D eigenvalue weighted by molar-refractivity contribution is 7.17. The number of rotatable bonds is 3. The van der Waals surface area contributed by atoms with Gasteiger partial charge >= 0.3 is 0 Å². The molecule has 2 aromatic heterocycles. The predicted octanol–water partition coefficient (Wildman–Crippen LogP) is 3.52. The van der Waals surface area contributed by atoms with Crippen molar-refractivity contribution in [2.75, 3.05) is 31.1 Å². The summed E-state index contributed by atoms with van der Waals surface area (Å²) in [7, 11) is 0. The van der Waals surface area contributed by atoms with Crippen LogP contribution < -0.4 is 4.90 Å². The Labute approximate surface area is 166 Å². The molecular formula is C19H18ClN5OS. The van der Waals surface area contributed by atoms with Crippen LogP contribution in [0, 0.1) is 6.92 Å². The van der Waals surface area contributed by atoms with Crippen molar-refractivity contribution in [3.63, 3.8) is 0 Å². The van der Waals surface area contributed by atoms with Crippen LogP contribution >= 0.6 is 22.9 Å². The SMILES string of the molecule is Cc1nc(-c2ccc(Cl)cc2)sc1C(=O)N1CCN(c2ncccn2)CC1. The molecule has 3 aromatic rings. The first kappa shape index (κ1) is 17.9. The summed E-state index contributed by atoms with van der Waals surface area (Å²) in [4.78, 5) is 30.8. The number of benzene rings is 1. The number of carbonyl (C=O) groups excluding carboxylic acids is 1. The van der Waals surface area contributed by atoms with Gasteiger partial charge in [0.25, 0.3) is 5.91 Å². The molecule has 1 saturated heterocycles. The topological polar surface area (TPSA) is 62.2 Å².